The largest absolute Gasteiger partial charge is 0.508 e. The van der Waals surface area contributed by atoms with Crippen LogP contribution in [0.2, 0.25) is 0 Å². The second kappa shape index (κ2) is 9.31. The van der Waals surface area contributed by atoms with Crippen LogP contribution in [0, 0.1) is 0 Å². The van der Waals surface area contributed by atoms with Crippen molar-refractivity contribution < 1.29 is 29.3 Å². The molecule has 0 atom stereocenters. The Balaban J connectivity index is 0.000000202. The zero-order chi connectivity index (χ0) is 25.2. The number of carboxylic acids is 1. The van der Waals surface area contributed by atoms with E-state index in [-0.39, 0.29) is 28.6 Å². The first-order valence-corrected chi connectivity index (χ1v) is 11.1. The van der Waals surface area contributed by atoms with E-state index in [0.717, 1.165) is 16.5 Å². The third-order valence-electron chi connectivity index (χ3n) is 5.87. The molecule has 6 rings (SSSR count). The number of ether oxygens (including phenoxy) is 1. The van der Waals surface area contributed by atoms with E-state index in [2.05, 4.69) is 0 Å². The molecule has 36 heavy (non-hydrogen) atoms. The van der Waals surface area contributed by atoms with Gasteiger partial charge in [-0.3, -0.25) is 0 Å². The van der Waals surface area contributed by atoms with Crippen molar-refractivity contribution in [1.82, 2.24) is 0 Å². The van der Waals surface area contributed by atoms with Crippen LogP contribution in [-0.2, 0) is 0 Å². The second-order valence-electron chi connectivity index (χ2n) is 8.16. The molecule has 2 heterocycles. The van der Waals surface area contributed by atoms with Crippen LogP contribution in [0.5, 0.6) is 23.0 Å². The van der Waals surface area contributed by atoms with Gasteiger partial charge < -0.3 is 24.5 Å². The van der Waals surface area contributed by atoms with Crippen molar-refractivity contribution in [2.75, 3.05) is 0 Å². The predicted octanol–water partition coefficient (Wildman–Crippen LogP) is 5.87. The SMILES string of the molecule is O=C(O)c1ccccc1C1c2ccc(O)cc2Oc2cc(O)ccc21.O=c1ccc2ccccc2o1. The number of aromatic carboxylic acids is 1. The van der Waals surface area contributed by atoms with Gasteiger partial charge in [0.1, 0.15) is 28.6 Å². The van der Waals surface area contributed by atoms with Gasteiger partial charge in [0, 0.05) is 40.6 Å². The molecule has 0 bridgehead atoms. The summed E-state index contributed by atoms with van der Waals surface area (Å²) in [5.74, 6) is -0.429. The van der Waals surface area contributed by atoms with Crippen molar-refractivity contribution in [3.8, 4) is 23.0 Å². The number of rotatable bonds is 2. The van der Waals surface area contributed by atoms with Crippen molar-refractivity contribution in [3.05, 3.63) is 130 Å². The third kappa shape index (κ3) is 4.37. The Hall–Kier alpha value is -5.04. The average molecular weight is 480 g/mol. The molecule has 3 N–H and O–H groups in total. The van der Waals surface area contributed by atoms with Gasteiger partial charge in [-0.05, 0) is 35.9 Å². The highest BCUT2D eigenvalue weighted by atomic mass is 16.5. The van der Waals surface area contributed by atoms with E-state index in [4.69, 9.17) is 9.15 Å². The van der Waals surface area contributed by atoms with E-state index in [1.165, 1.54) is 18.2 Å². The van der Waals surface area contributed by atoms with E-state index in [9.17, 15) is 24.9 Å². The summed E-state index contributed by atoms with van der Waals surface area (Å²) in [6.45, 7) is 0. The minimum Gasteiger partial charge on any atom is -0.508 e. The Kier molecular flexibility index (Phi) is 5.88. The van der Waals surface area contributed by atoms with Crippen molar-refractivity contribution in [1.29, 1.82) is 0 Å². The van der Waals surface area contributed by atoms with Gasteiger partial charge in [-0.1, -0.05) is 48.5 Å². The van der Waals surface area contributed by atoms with Crippen LogP contribution >= 0.6 is 0 Å². The number of benzene rings is 4. The maximum atomic E-state index is 11.7. The van der Waals surface area contributed by atoms with Crippen LogP contribution < -0.4 is 10.4 Å². The van der Waals surface area contributed by atoms with Gasteiger partial charge in [-0.15, -0.1) is 0 Å². The number of phenolic OH excluding ortho intramolecular Hbond substituents is 2. The van der Waals surface area contributed by atoms with Crippen molar-refractivity contribution >= 4 is 16.9 Å². The zero-order valence-corrected chi connectivity index (χ0v) is 18.8. The van der Waals surface area contributed by atoms with E-state index in [1.54, 1.807) is 60.7 Å². The molecule has 7 nitrogen and oxygen atoms in total. The summed E-state index contributed by atoms with van der Waals surface area (Å²) >= 11 is 0. The lowest BCUT2D eigenvalue weighted by Gasteiger charge is -2.29. The second-order valence-corrected chi connectivity index (χ2v) is 8.16. The number of phenols is 2. The topological polar surface area (TPSA) is 117 Å². The molecule has 178 valence electrons. The maximum absolute atomic E-state index is 11.7. The highest BCUT2D eigenvalue weighted by Gasteiger charge is 2.31. The fraction of sp³-hybridized carbons (Fsp3) is 0.0345. The van der Waals surface area contributed by atoms with E-state index >= 15 is 0 Å². The summed E-state index contributed by atoms with van der Waals surface area (Å²) in [5.41, 5.74) is 2.67. The molecule has 4 aromatic carbocycles. The molecule has 0 fully saturated rings. The summed E-state index contributed by atoms with van der Waals surface area (Å²) in [5, 5.41) is 30.1. The maximum Gasteiger partial charge on any atom is 0.336 e. The van der Waals surface area contributed by atoms with E-state index in [1.807, 2.05) is 18.2 Å². The molecule has 0 saturated carbocycles. The number of carboxylic acid groups (broad SMARTS) is 1. The Morgan fingerprint density at radius 2 is 1.31 bits per heavy atom. The summed E-state index contributed by atoms with van der Waals surface area (Å²) in [6, 6.07) is 26.9. The van der Waals surface area contributed by atoms with Crippen molar-refractivity contribution in [2.24, 2.45) is 0 Å². The molecular formula is C29H20O7. The van der Waals surface area contributed by atoms with Gasteiger partial charge in [0.05, 0.1) is 5.56 Å². The first-order chi connectivity index (χ1) is 17.4. The van der Waals surface area contributed by atoms with Crippen LogP contribution in [-0.4, -0.2) is 21.3 Å². The molecule has 1 aromatic heterocycles. The quantitative estimate of drug-likeness (QED) is 0.265. The van der Waals surface area contributed by atoms with Crippen molar-refractivity contribution in [3.63, 3.8) is 0 Å². The number of fused-ring (bicyclic) bond motifs is 3. The van der Waals surface area contributed by atoms with Gasteiger partial charge >= 0.3 is 11.6 Å². The lowest BCUT2D eigenvalue weighted by molar-refractivity contribution is 0.0695. The number of hydrogen-bond acceptors (Lipinski definition) is 6. The molecular weight excluding hydrogens is 460 g/mol. The zero-order valence-electron chi connectivity index (χ0n) is 18.8. The molecule has 1 aliphatic rings. The van der Waals surface area contributed by atoms with Crippen LogP contribution in [0.1, 0.15) is 33.0 Å². The summed E-state index contributed by atoms with van der Waals surface area (Å²) in [7, 11) is 0. The fourth-order valence-electron chi connectivity index (χ4n) is 4.28. The first-order valence-electron chi connectivity index (χ1n) is 11.1. The van der Waals surface area contributed by atoms with Crippen LogP contribution in [0.25, 0.3) is 11.0 Å². The molecule has 1 aliphatic heterocycles. The lowest BCUT2D eigenvalue weighted by atomic mass is 9.80. The Bertz CT molecular complexity index is 1600. The first kappa shape index (κ1) is 22.7. The Morgan fingerprint density at radius 1 is 0.694 bits per heavy atom. The van der Waals surface area contributed by atoms with Crippen LogP contribution in [0.3, 0.4) is 0 Å². The molecule has 7 heteroatoms. The van der Waals surface area contributed by atoms with E-state index in [0.29, 0.717) is 22.6 Å². The number of hydrogen-bond donors (Lipinski definition) is 3. The minimum atomic E-state index is -1.01. The summed E-state index contributed by atoms with van der Waals surface area (Å²) in [6.07, 6.45) is 0. The molecule has 5 aromatic rings. The predicted molar refractivity (Wildman–Crippen MR) is 133 cm³/mol. The molecule has 0 aliphatic carbocycles. The number of carbonyl (C=O) groups is 1. The monoisotopic (exact) mass is 480 g/mol. The summed E-state index contributed by atoms with van der Waals surface area (Å²) < 4.78 is 10.7. The smallest absolute Gasteiger partial charge is 0.336 e. The van der Waals surface area contributed by atoms with Gasteiger partial charge in [0.2, 0.25) is 0 Å². The Labute approximate surface area is 205 Å². The standard InChI is InChI=1S/C20H14O5.C9H6O2/c21-11-5-7-15-17(9-11)25-18-10-12(22)6-8-16(18)19(15)13-3-1-2-4-14(13)20(23)24;10-9-6-5-7-3-1-2-4-8(7)11-9/h1-10,19,21-22H,(H,23,24);1-6H. The fourth-order valence-corrected chi connectivity index (χ4v) is 4.28. The molecule has 0 saturated heterocycles. The molecule has 0 amide bonds. The van der Waals surface area contributed by atoms with Crippen molar-refractivity contribution in [2.45, 2.75) is 5.92 Å². The van der Waals surface area contributed by atoms with E-state index < -0.39 is 5.97 Å². The normalized spacial score (nSPS) is 12.0. The van der Waals surface area contributed by atoms with Gasteiger partial charge in [0.15, 0.2) is 0 Å². The Morgan fingerprint density at radius 3 is 1.97 bits per heavy atom. The van der Waals surface area contributed by atoms with Gasteiger partial charge in [-0.2, -0.15) is 0 Å². The average Bonchev–Trinajstić information content (AvgIpc) is 2.87. The number of para-hydroxylation sites is 1. The minimum absolute atomic E-state index is 0.0487. The molecule has 0 radical (unpaired) electrons. The van der Waals surface area contributed by atoms with Gasteiger partial charge in [0.25, 0.3) is 0 Å². The highest BCUT2D eigenvalue weighted by molar-refractivity contribution is 5.90. The summed E-state index contributed by atoms with van der Waals surface area (Å²) in [4.78, 5) is 22.4. The highest BCUT2D eigenvalue weighted by Crippen LogP contribution is 2.49. The van der Waals surface area contributed by atoms with Crippen LogP contribution in [0.4, 0.5) is 0 Å². The van der Waals surface area contributed by atoms with Crippen LogP contribution in [0.15, 0.2) is 106 Å². The lowest BCUT2D eigenvalue weighted by Crippen LogP contribution is -2.15. The third-order valence-corrected chi connectivity index (χ3v) is 5.87. The van der Waals surface area contributed by atoms with Gasteiger partial charge in [-0.25, -0.2) is 9.59 Å². The molecule has 0 spiro atoms. The number of aromatic hydroxyl groups is 2. The molecule has 0 unspecified atom stereocenters.